The maximum absolute atomic E-state index is 11.6. The SMILES string of the molecule is CCN(CCO)c1ncnc(Nc2ccccc2OC)c1[N+](=O)[O-]. The number of methoxy groups -OCH3 is 1. The number of hydrogen-bond donors (Lipinski definition) is 2. The quantitative estimate of drug-likeness (QED) is 0.556. The van der Waals surface area contributed by atoms with E-state index in [-0.39, 0.29) is 30.5 Å². The Hall–Kier alpha value is -2.94. The highest BCUT2D eigenvalue weighted by Crippen LogP contribution is 2.35. The van der Waals surface area contributed by atoms with Gasteiger partial charge in [-0.25, -0.2) is 9.97 Å². The van der Waals surface area contributed by atoms with Crippen LogP contribution >= 0.6 is 0 Å². The number of hydrogen-bond acceptors (Lipinski definition) is 8. The normalized spacial score (nSPS) is 10.3. The number of nitrogens with one attached hydrogen (secondary N) is 1. The van der Waals surface area contributed by atoms with E-state index in [1.807, 2.05) is 6.92 Å². The minimum Gasteiger partial charge on any atom is -0.495 e. The summed E-state index contributed by atoms with van der Waals surface area (Å²) in [6.07, 6.45) is 1.25. The number of anilines is 3. The average molecular weight is 333 g/mol. The van der Waals surface area contributed by atoms with Gasteiger partial charge in [0.05, 0.1) is 24.3 Å². The second-order valence-corrected chi connectivity index (χ2v) is 4.78. The largest absolute Gasteiger partial charge is 0.495 e. The van der Waals surface area contributed by atoms with Crippen molar-refractivity contribution in [3.8, 4) is 5.75 Å². The number of likely N-dealkylation sites (N-methyl/N-ethyl adjacent to an activating group) is 1. The zero-order valence-corrected chi connectivity index (χ0v) is 13.5. The lowest BCUT2D eigenvalue weighted by molar-refractivity contribution is -0.383. The third-order valence-electron chi connectivity index (χ3n) is 3.40. The van der Waals surface area contributed by atoms with Gasteiger partial charge in [-0.3, -0.25) is 10.1 Å². The molecule has 0 unspecified atom stereocenters. The van der Waals surface area contributed by atoms with Crippen molar-refractivity contribution in [2.75, 3.05) is 37.0 Å². The van der Waals surface area contributed by atoms with Crippen LogP contribution in [0.25, 0.3) is 0 Å². The maximum Gasteiger partial charge on any atom is 0.353 e. The Morgan fingerprint density at radius 3 is 2.75 bits per heavy atom. The van der Waals surface area contributed by atoms with Gasteiger partial charge in [-0.05, 0) is 19.1 Å². The summed E-state index contributed by atoms with van der Waals surface area (Å²) < 4.78 is 5.24. The minimum absolute atomic E-state index is 0.0610. The highest BCUT2D eigenvalue weighted by Gasteiger charge is 2.26. The van der Waals surface area contributed by atoms with Gasteiger partial charge in [0, 0.05) is 13.1 Å². The number of aromatic nitrogens is 2. The van der Waals surface area contributed by atoms with Crippen LogP contribution in [-0.4, -0.2) is 46.8 Å². The van der Waals surface area contributed by atoms with Crippen LogP contribution in [0.15, 0.2) is 30.6 Å². The number of nitro groups is 1. The van der Waals surface area contributed by atoms with Crippen LogP contribution in [0.4, 0.5) is 23.0 Å². The van der Waals surface area contributed by atoms with E-state index in [0.29, 0.717) is 18.0 Å². The predicted octanol–water partition coefficient (Wildman–Crippen LogP) is 1.96. The molecule has 2 rings (SSSR count). The number of aliphatic hydroxyl groups is 1. The Balaban J connectivity index is 2.48. The molecule has 0 saturated carbocycles. The number of ether oxygens (including phenoxy) is 1. The second-order valence-electron chi connectivity index (χ2n) is 4.78. The summed E-state index contributed by atoms with van der Waals surface area (Å²) in [4.78, 5) is 20.7. The molecule has 0 aliphatic carbocycles. The summed E-state index contributed by atoms with van der Waals surface area (Å²) in [5.74, 6) is 0.754. The van der Waals surface area contributed by atoms with Crippen molar-refractivity contribution < 1.29 is 14.8 Å². The third-order valence-corrected chi connectivity index (χ3v) is 3.40. The molecule has 9 nitrogen and oxygen atoms in total. The maximum atomic E-state index is 11.6. The van der Waals surface area contributed by atoms with Crippen LogP contribution in [0, 0.1) is 10.1 Å². The van der Waals surface area contributed by atoms with Gasteiger partial charge in [0.15, 0.2) is 0 Å². The number of benzene rings is 1. The molecule has 1 aromatic heterocycles. The molecule has 0 atom stereocenters. The average Bonchev–Trinajstić information content (AvgIpc) is 2.59. The molecule has 2 N–H and O–H groups in total. The van der Waals surface area contributed by atoms with E-state index in [9.17, 15) is 10.1 Å². The van der Waals surface area contributed by atoms with E-state index in [1.165, 1.54) is 13.4 Å². The summed E-state index contributed by atoms with van der Waals surface area (Å²) in [6.45, 7) is 2.40. The monoisotopic (exact) mass is 333 g/mol. The van der Waals surface area contributed by atoms with Crippen molar-refractivity contribution in [1.29, 1.82) is 0 Å². The van der Waals surface area contributed by atoms with Gasteiger partial charge >= 0.3 is 5.69 Å². The van der Waals surface area contributed by atoms with Gasteiger partial charge in [-0.15, -0.1) is 0 Å². The number of nitrogens with zero attached hydrogens (tertiary/aromatic N) is 4. The molecule has 0 aliphatic heterocycles. The molecule has 0 bridgehead atoms. The van der Waals surface area contributed by atoms with Crippen molar-refractivity contribution in [3.63, 3.8) is 0 Å². The van der Waals surface area contributed by atoms with Gasteiger partial charge < -0.3 is 20.1 Å². The number of rotatable bonds is 8. The van der Waals surface area contributed by atoms with E-state index < -0.39 is 4.92 Å². The number of para-hydroxylation sites is 2. The van der Waals surface area contributed by atoms with Crippen molar-refractivity contribution in [2.45, 2.75) is 6.92 Å². The van der Waals surface area contributed by atoms with Crippen molar-refractivity contribution in [2.24, 2.45) is 0 Å². The first kappa shape index (κ1) is 17.4. The molecule has 1 aromatic carbocycles. The zero-order valence-electron chi connectivity index (χ0n) is 13.5. The number of aliphatic hydroxyl groups excluding tert-OH is 1. The predicted molar refractivity (Wildman–Crippen MR) is 89.9 cm³/mol. The fourth-order valence-corrected chi connectivity index (χ4v) is 2.27. The van der Waals surface area contributed by atoms with E-state index in [2.05, 4.69) is 15.3 Å². The Labute approximate surface area is 139 Å². The standard InChI is InChI=1S/C15H19N5O4/c1-3-19(8-9-21)15-13(20(22)23)14(16-10-17-15)18-11-6-4-5-7-12(11)24-2/h4-7,10,21H,3,8-9H2,1-2H3,(H,16,17,18). The third kappa shape index (κ3) is 3.69. The lowest BCUT2D eigenvalue weighted by atomic mass is 10.3. The summed E-state index contributed by atoms with van der Waals surface area (Å²) in [5.41, 5.74) is 0.302. The van der Waals surface area contributed by atoms with Crippen LogP contribution < -0.4 is 15.0 Å². The fraction of sp³-hybridized carbons (Fsp3) is 0.333. The molecular weight excluding hydrogens is 314 g/mol. The second kappa shape index (κ2) is 8.06. The van der Waals surface area contributed by atoms with E-state index in [0.717, 1.165) is 0 Å². The summed E-state index contributed by atoms with van der Waals surface area (Å²) >= 11 is 0. The molecule has 24 heavy (non-hydrogen) atoms. The lowest BCUT2D eigenvalue weighted by Gasteiger charge is -2.21. The molecule has 0 radical (unpaired) electrons. The van der Waals surface area contributed by atoms with Gasteiger partial charge in [0.25, 0.3) is 0 Å². The highest BCUT2D eigenvalue weighted by molar-refractivity contribution is 5.76. The van der Waals surface area contributed by atoms with Crippen molar-refractivity contribution in [3.05, 3.63) is 40.7 Å². The van der Waals surface area contributed by atoms with E-state index in [1.54, 1.807) is 29.2 Å². The topological polar surface area (TPSA) is 114 Å². The molecular formula is C15H19N5O4. The molecule has 0 amide bonds. The summed E-state index contributed by atoms with van der Waals surface area (Å²) in [7, 11) is 1.51. The highest BCUT2D eigenvalue weighted by atomic mass is 16.6. The minimum atomic E-state index is -0.535. The molecule has 9 heteroatoms. The molecule has 1 heterocycles. The van der Waals surface area contributed by atoms with Crippen LogP contribution in [0.1, 0.15) is 6.92 Å². The molecule has 2 aromatic rings. The Morgan fingerprint density at radius 1 is 1.38 bits per heavy atom. The van der Waals surface area contributed by atoms with E-state index in [4.69, 9.17) is 9.84 Å². The fourth-order valence-electron chi connectivity index (χ4n) is 2.27. The van der Waals surface area contributed by atoms with Gasteiger partial charge in [0.2, 0.25) is 11.6 Å². The van der Waals surface area contributed by atoms with Crippen LogP contribution in [0.2, 0.25) is 0 Å². The summed E-state index contributed by atoms with van der Waals surface area (Å²) in [5, 5.41) is 23.6. The van der Waals surface area contributed by atoms with Crippen LogP contribution in [-0.2, 0) is 0 Å². The van der Waals surface area contributed by atoms with Crippen LogP contribution in [0.5, 0.6) is 5.75 Å². The van der Waals surface area contributed by atoms with Gasteiger partial charge in [0.1, 0.15) is 12.1 Å². The first-order valence-corrected chi connectivity index (χ1v) is 7.37. The summed E-state index contributed by atoms with van der Waals surface area (Å²) in [6, 6.07) is 7.04. The van der Waals surface area contributed by atoms with Gasteiger partial charge in [-0.1, -0.05) is 12.1 Å². The first-order chi connectivity index (χ1) is 11.6. The van der Waals surface area contributed by atoms with E-state index >= 15 is 0 Å². The first-order valence-electron chi connectivity index (χ1n) is 7.37. The van der Waals surface area contributed by atoms with Gasteiger partial charge in [-0.2, -0.15) is 0 Å². The van der Waals surface area contributed by atoms with Crippen LogP contribution in [0.3, 0.4) is 0 Å². The smallest absolute Gasteiger partial charge is 0.353 e. The molecule has 0 saturated heterocycles. The lowest BCUT2D eigenvalue weighted by Crippen LogP contribution is -2.28. The Bertz CT molecular complexity index is 710. The van der Waals surface area contributed by atoms with Crippen molar-refractivity contribution >= 4 is 23.0 Å². The molecule has 0 fully saturated rings. The molecule has 0 spiro atoms. The Kier molecular flexibility index (Phi) is 5.85. The molecule has 128 valence electrons. The van der Waals surface area contributed by atoms with Crippen molar-refractivity contribution in [1.82, 2.24) is 9.97 Å². The Morgan fingerprint density at radius 2 is 2.12 bits per heavy atom. The zero-order chi connectivity index (χ0) is 17.5. The molecule has 0 aliphatic rings.